The Balaban J connectivity index is 1.57. The molecule has 0 radical (unpaired) electrons. The summed E-state index contributed by atoms with van der Waals surface area (Å²) in [7, 11) is 1.50. The largest absolute Gasteiger partial charge is 0.497 e. The van der Waals surface area contributed by atoms with Gasteiger partial charge in [-0.3, -0.25) is 14.4 Å². The number of hydrogen-bond acceptors (Lipinski definition) is 6. The zero-order valence-corrected chi connectivity index (χ0v) is 19.7. The minimum Gasteiger partial charge on any atom is -0.497 e. The lowest BCUT2D eigenvalue weighted by Crippen LogP contribution is -2.34. The molecule has 0 fully saturated rings. The Labute approximate surface area is 210 Å². The second kappa shape index (κ2) is 11.7. The van der Waals surface area contributed by atoms with Crippen LogP contribution in [-0.2, 0) is 20.9 Å². The molecule has 35 heavy (non-hydrogen) atoms. The van der Waals surface area contributed by atoms with Crippen LogP contribution in [0.1, 0.15) is 11.5 Å². The van der Waals surface area contributed by atoms with Gasteiger partial charge in [0.15, 0.2) is 0 Å². The number of ether oxygens (including phenoxy) is 1. The molecule has 9 nitrogen and oxygen atoms in total. The van der Waals surface area contributed by atoms with E-state index < -0.39 is 17.7 Å². The summed E-state index contributed by atoms with van der Waals surface area (Å²) in [6.07, 6.45) is 1.26. The molecule has 0 atom stereocenters. The molecule has 1 aromatic heterocycles. The Morgan fingerprint density at radius 3 is 2.43 bits per heavy atom. The molecule has 3 aromatic rings. The minimum absolute atomic E-state index is 0.0979. The maximum atomic E-state index is 12.4. The fourth-order valence-electron chi connectivity index (χ4n) is 2.77. The summed E-state index contributed by atoms with van der Waals surface area (Å²) in [6.45, 7) is -0.0979. The third kappa shape index (κ3) is 7.11. The molecule has 3 amide bonds. The minimum atomic E-state index is -0.906. The van der Waals surface area contributed by atoms with Crippen molar-refractivity contribution in [1.29, 1.82) is 5.26 Å². The number of hydrogen-bond donors (Lipinski definition) is 3. The van der Waals surface area contributed by atoms with Gasteiger partial charge >= 0.3 is 11.8 Å². The number of halogens is 2. The third-order valence-corrected chi connectivity index (χ3v) is 5.21. The summed E-state index contributed by atoms with van der Waals surface area (Å²) < 4.78 is 10.6. The highest BCUT2D eigenvalue weighted by atomic mass is 35.5. The first-order valence-electron chi connectivity index (χ1n) is 9.99. The van der Waals surface area contributed by atoms with Crippen molar-refractivity contribution in [2.45, 2.75) is 6.54 Å². The Morgan fingerprint density at radius 1 is 0.971 bits per heavy atom. The number of benzene rings is 2. The number of anilines is 2. The SMILES string of the molecule is COc1cccc(NC(=O)/C(C#N)=C\c2ccc(CNC(=O)C(=O)Nc3ccc(Cl)c(Cl)c3)o2)c1. The second-order valence-corrected chi connectivity index (χ2v) is 7.74. The van der Waals surface area contributed by atoms with Crippen LogP contribution in [0.4, 0.5) is 11.4 Å². The van der Waals surface area contributed by atoms with Gasteiger partial charge in [0, 0.05) is 23.5 Å². The second-order valence-electron chi connectivity index (χ2n) is 6.93. The Kier molecular flexibility index (Phi) is 8.51. The molecule has 0 unspecified atom stereocenters. The average Bonchev–Trinajstić information content (AvgIpc) is 3.30. The van der Waals surface area contributed by atoms with Crippen LogP contribution in [0.2, 0.25) is 10.0 Å². The molecule has 2 aromatic carbocycles. The molecule has 0 bridgehead atoms. The molecule has 11 heteroatoms. The molecule has 3 rings (SSSR count). The van der Waals surface area contributed by atoms with Crippen molar-refractivity contribution in [1.82, 2.24) is 5.32 Å². The summed E-state index contributed by atoms with van der Waals surface area (Å²) in [6, 6.07) is 16.0. The number of nitriles is 1. The number of amides is 3. The van der Waals surface area contributed by atoms with E-state index >= 15 is 0 Å². The number of nitrogens with zero attached hydrogens (tertiary/aromatic N) is 1. The van der Waals surface area contributed by atoms with E-state index in [-0.39, 0.29) is 22.9 Å². The van der Waals surface area contributed by atoms with Crippen LogP contribution in [0.5, 0.6) is 5.75 Å². The number of furan rings is 1. The van der Waals surface area contributed by atoms with Gasteiger partial charge in [0.25, 0.3) is 5.91 Å². The van der Waals surface area contributed by atoms with Gasteiger partial charge in [0.1, 0.15) is 28.9 Å². The third-order valence-electron chi connectivity index (χ3n) is 4.47. The highest BCUT2D eigenvalue weighted by Gasteiger charge is 2.15. The zero-order valence-electron chi connectivity index (χ0n) is 18.2. The lowest BCUT2D eigenvalue weighted by Gasteiger charge is -2.06. The normalized spacial score (nSPS) is 10.7. The van der Waals surface area contributed by atoms with Crippen molar-refractivity contribution < 1.29 is 23.5 Å². The van der Waals surface area contributed by atoms with Crippen molar-refractivity contribution in [3.63, 3.8) is 0 Å². The fraction of sp³-hybridized carbons (Fsp3) is 0.0833. The standard InChI is InChI=1S/C24H18Cl2N4O5/c1-34-17-4-2-3-15(10-17)29-22(31)14(12-27)9-18-6-7-19(35-18)13-28-23(32)24(33)30-16-5-8-20(25)21(26)11-16/h2-11H,13H2,1H3,(H,28,32)(H,29,31)(H,30,33)/b14-9-. The monoisotopic (exact) mass is 512 g/mol. The van der Waals surface area contributed by atoms with Crippen LogP contribution in [0.25, 0.3) is 6.08 Å². The van der Waals surface area contributed by atoms with E-state index in [4.69, 9.17) is 32.4 Å². The summed E-state index contributed by atoms with van der Waals surface area (Å²) in [4.78, 5) is 36.6. The fourth-order valence-corrected chi connectivity index (χ4v) is 3.06. The van der Waals surface area contributed by atoms with Crippen molar-refractivity contribution in [2.75, 3.05) is 17.7 Å². The van der Waals surface area contributed by atoms with Gasteiger partial charge in [-0.15, -0.1) is 0 Å². The van der Waals surface area contributed by atoms with Crippen LogP contribution in [0.3, 0.4) is 0 Å². The van der Waals surface area contributed by atoms with E-state index in [1.54, 1.807) is 24.3 Å². The molecule has 0 saturated heterocycles. The quantitative estimate of drug-likeness (QED) is 0.244. The van der Waals surface area contributed by atoms with Gasteiger partial charge in [-0.05, 0) is 42.5 Å². The topological polar surface area (TPSA) is 133 Å². The predicted octanol–water partition coefficient (Wildman–Crippen LogP) is 4.40. The van der Waals surface area contributed by atoms with Crippen LogP contribution < -0.4 is 20.7 Å². The molecule has 1 heterocycles. The molecule has 0 saturated carbocycles. The lowest BCUT2D eigenvalue weighted by atomic mass is 10.2. The highest BCUT2D eigenvalue weighted by molar-refractivity contribution is 6.43. The van der Waals surface area contributed by atoms with E-state index in [0.717, 1.165) is 0 Å². The van der Waals surface area contributed by atoms with Crippen LogP contribution >= 0.6 is 23.2 Å². The van der Waals surface area contributed by atoms with Crippen molar-refractivity contribution >= 4 is 58.4 Å². The van der Waals surface area contributed by atoms with Gasteiger partial charge in [-0.1, -0.05) is 29.3 Å². The number of carbonyl (C=O) groups excluding carboxylic acids is 3. The van der Waals surface area contributed by atoms with E-state index in [0.29, 0.717) is 27.9 Å². The van der Waals surface area contributed by atoms with Gasteiger partial charge in [-0.2, -0.15) is 5.26 Å². The summed E-state index contributed by atoms with van der Waals surface area (Å²) in [5.41, 5.74) is 0.567. The van der Waals surface area contributed by atoms with E-state index in [2.05, 4.69) is 16.0 Å². The predicted molar refractivity (Wildman–Crippen MR) is 131 cm³/mol. The first kappa shape index (κ1) is 25.4. The van der Waals surface area contributed by atoms with Crippen molar-refractivity contribution in [2.24, 2.45) is 0 Å². The summed E-state index contributed by atoms with van der Waals surface area (Å²) in [5.74, 6) is -1.38. The lowest BCUT2D eigenvalue weighted by molar-refractivity contribution is -0.136. The Hall–Kier alpha value is -4.26. The number of methoxy groups -OCH3 is 1. The molecular formula is C24H18Cl2N4O5. The van der Waals surface area contributed by atoms with E-state index in [1.165, 1.54) is 43.5 Å². The maximum absolute atomic E-state index is 12.4. The first-order chi connectivity index (χ1) is 16.8. The van der Waals surface area contributed by atoms with Crippen molar-refractivity contribution in [3.8, 4) is 11.8 Å². The Bertz CT molecular complexity index is 1340. The number of rotatable bonds is 7. The average molecular weight is 513 g/mol. The highest BCUT2D eigenvalue weighted by Crippen LogP contribution is 2.25. The molecular weight excluding hydrogens is 495 g/mol. The van der Waals surface area contributed by atoms with Crippen LogP contribution in [0, 0.1) is 11.3 Å². The number of nitrogens with one attached hydrogen (secondary N) is 3. The van der Waals surface area contributed by atoms with Crippen LogP contribution in [0.15, 0.2) is 64.6 Å². The van der Waals surface area contributed by atoms with Gasteiger partial charge in [-0.25, -0.2) is 0 Å². The van der Waals surface area contributed by atoms with Gasteiger partial charge in [0.05, 0.1) is 23.7 Å². The van der Waals surface area contributed by atoms with Gasteiger partial charge < -0.3 is 25.1 Å². The van der Waals surface area contributed by atoms with Crippen LogP contribution in [-0.4, -0.2) is 24.8 Å². The van der Waals surface area contributed by atoms with Crippen molar-refractivity contribution in [3.05, 3.63) is 81.7 Å². The first-order valence-corrected chi connectivity index (χ1v) is 10.7. The summed E-state index contributed by atoms with van der Waals surface area (Å²) >= 11 is 11.7. The molecule has 0 aliphatic heterocycles. The van der Waals surface area contributed by atoms with Gasteiger partial charge in [0.2, 0.25) is 0 Å². The molecule has 3 N–H and O–H groups in total. The Morgan fingerprint density at radius 2 is 1.71 bits per heavy atom. The molecule has 0 aliphatic carbocycles. The van der Waals surface area contributed by atoms with E-state index in [1.807, 2.05) is 6.07 Å². The smallest absolute Gasteiger partial charge is 0.313 e. The molecule has 0 aliphatic rings. The molecule has 0 spiro atoms. The maximum Gasteiger partial charge on any atom is 0.313 e. The van der Waals surface area contributed by atoms with E-state index in [9.17, 15) is 19.6 Å². The zero-order chi connectivity index (χ0) is 25.4. The molecule has 178 valence electrons. The summed E-state index contributed by atoms with van der Waals surface area (Å²) in [5, 5.41) is 17.3. The number of carbonyl (C=O) groups is 3.